The van der Waals surface area contributed by atoms with E-state index in [1.54, 1.807) is 32.1 Å². The van der Waals surface area contributed by atoms with Gasteiger partial charge in [-0.05, 0) is 63.1 Å². The summed E-state index contributed by atoms with van der Waals surface area (Å²) in [5, 5.41) is 12.0. The van der Waals surface area contributed by atoms with Gasteiger partial charge in [-0.3, -0.25) is 19.5 Å². The van der Waals surface area contributed by atoms with E-state index in [1.165, 1.54) is 33.7 Å². The number of allylic oxidation sites excluding steroid dienone is 1. The number of hydrogen-bond donors (Lipinski definition) is 0. The molecule has 1 atom stereocenters. The SMILES string of the molecule is CCOC(=O)C1=C(C)N=c2s/c(=C/c3ccc(Sc4ccc(C)cc4)c([N+](=O)[O-])c3)c(=O)n2[C@H]1c1ccc(C)cc1. The van der Waals surface area contributed by atoms with Gasteiger partial charge < -0.3 is 4.74 Å². The van der Waals surface area contributed by atoms with E-state index in [-0.39, 0.29) is 17.9 Å². The Balaban J connectivity index is 1.61. The highest BCUT2D eigenvalue weighted by Crippen LogP contribution is 2.36. The molecule has 2 heterocycles. The van der Waals surface area contributed by atoms with E-state index in [1.807, 2.05) is 62.4 Å². The minimum atomic E-state index is -0.712. The second kappa shape index (κ2) is 11.7. The van der Waals surface area contributed by atoms with Gasteiger partial charge in [-0.2, -0.15) is 0 Å². The first-order chi connectivity index (χ1) is 19.7. The summed E-state index contributed by atoms with van der Waals surface area (Å²) in [7, 11) is 0. The van der Waals surface area contributed by atoms with Gasteiger partial charge in [0.15, 0.2) is 4.80 Å². The van der Waals surface area contributed by atoms with Gasteiger partial charge >= 0.3 is 5.97 Å². The summed E-state index contributed by atoms with van der Waals surface area (Å²) in [6, 6.07) is 19.6. The van der Waals surface area contributed by atoms with Crippen molar-refractivity contribution in [1.29, 1.82) is 0 Å². The van der Waals surface area contributed by atoms with Gasteiger partial charge in [-0.1, -0.05) is 76.7 Å². The molecule has 10 heteroatoms. The predicted octanol–water partition coefficient (Wildman–Crippen LogP) is 5.47. The van der Waals surface area contributed by atoms with Crippen LogP contribution in [-0.4, -0.2) is 22.1 Å². The number of esters is 1. The van der Waals surface area contributed by atoms with Crippen molar-refractivity contribution in [3.8, 4) is 0 Å². The average molecular weight is 586 g/mol. The molecule has 41 heavy (non-hydrogen) atoms. The Bertz CT molecular complexity index is 1870. The molecule has 8 nitrogen and oxygen atoms in total. The third-order valence-corrected chi connectivity index (χ3v) is 8.69. The highest BCUT2D eigenvalue weighted by molar-refractivity contribution is 7.99. The zero-order valence-electron chi connectivity index (χ0n) is 22.9. The molecule has 0 fully saturated rings. The second-order valence-corrected chi connectivity index (χ2v) is 11.7. The summed E-state index contributed by atoms with van der Waals surface area (Å²) >= 11 is 2.49. The Morgan fingerprint density at radius 3 is 2.37 bits per heavy atom. The maximum Gasteiger partial charge on any atom is 0.338 e. The molecule has 0 bridgehead atoms. The quantitative estimate of drug-likeness (QED) is 0.162. The minimum absolute atomic E-state index is 0.0462. The molecule has 0 unspecified atom stereocenters. The number of hydrogen-bond acceptors (Lipinski definition) is 8. The van der Waals surface area contributed by atoms with Crippen LogP contribution in [0.2, 0.25) is 0 Å². The van der Waals surface area contributed by atoms with E-state index >= 15 is 0 Å². The van der Waals surface area contributed by atoms with Crippen molar-refractivity contribution in [2.45, 2.75) is 43.5 Å². The lowest BCUT2D eigenvalue weighted by atomic mass is 9.95. The lowest BCUT2D eigenvalue weighted by Gasteiger charge is -2.24. The van der Waals surface area contributed by atoms with Crippen LogP contribution in [0.15, 0.2) is 97.6 Å². The molecular formula is C31H27N3O5S2. The van der Waals surface area contributed by atoms with Crippen molar-refractivity contribution in [3.63, 3.8) is 0 Å². The lowest BCUT2D eigenvalue weighted by molar-refractivity contribution is -0.387. The zero-order chi connectivity index (χ0) is 29.3. The fraction of sp³-hybridized carbons (Fsp3) is 0.194. The normalized spacial score (nSPS) is 14.9. The van der Waals surface area contributed by atoms with E-state index in [9.17, 15) is 19.7 Å². The van der Waals surface area contributed by atoms with E-state index in [2.05, 4.69) is 4.99 Å². The molecule has 0 saturated carbocycles. The van der Waals surface area contributed by atoms with Crippen molar-refractivity contribution in [3.05, 3.63) is 130 Å². The number of carbonyl (C=O) groups is 1. The molecule has 0 saturated heterocycles. The van der Waals surface area contributed by atoms with Gasteiger partial charge in [0, 0.05) is 11.0 Å². The number of carbonyl (C=O) groups excluding carboxylic acids is 1. The van der Waals surface area contributed by atoms with Crippen LogP contribution in [0.4, 0.5) is 5.69 Å². The van der Waals surface area contributed by atoms with E-state index in [4.69, 9.17) is 4.74 Å². The molecule has 5 rings (SSSR count). The van der Waals surface area contributed by atoms with Crippen LogP contribution >= 0.6 is 23.1 Å². The number of ether oxygens (including phenoxy) is 1. The first-order valence-electron chi connectivity index (χ1n) is 13.0. The highest BCUT2D eigenvalue weighted by Gasteiger charge is 2.33. The Morgan fingerprint density at radius 2 is 1.73 bits per heavy atom. The predicted molar refractivity (Wildman–Crippen MR) is 160 cm³/mol. The number of aryl methyl sites for hydroxylation is 2. The molecule has 1 aliphatic rings. The fourth-order valence-corrected chi connectivity index (χ4v) is 6.54. The molecule has 0 radical (unpaired) electrons. The number of nitro benzene ring substituents is 1. The summed E-state index contributed by atoms with van der Waals surface area (Å²) in [5.41, 5.74) is 3.83. The summed E-state index contributed by atoms with van der Waals surface area (Å²) in [4.78, 5) is 44.8. The Morgan fingerprint density at radius 1 is 1.07 bits per heavy atom. The van der Waals surface area contributed by atoms with Gasteiger partial charge in [0.25, 0.3) is 11.2 Å². The van der Waals surface area contributed by atoms with E-state index < -0.39 is 16.9 Å². The standard InChI is InChI=1S/C31H27N3O5S2/c1-5-39-30(36)27-20(4)32-31-33(28(27)22-11-6-18(2)7-12-22)29(35)26(41-31)17-21-10-15-25(24(16-21)34(37)38)40-23-13-8-19(3)9-14-23/h6-17,28H,5H2,1-4H3/b26-17+/t28-/m0/s1. The van der Waals surface area contributed by atoms with E-state index in [0.29, 0.717) is 31.1 Å². The molecule has 4 aromatic rings. The van der Waals surface area contributed by atoms with Gasteiger partial charge in [-0.15, -0.1) is 0 Å². The Kier molecular flexibility index (Phi) is 8.05. The smallest absolute Gasteiger partial charge is 0.338 e. The van der Waals surface area contributed by atoms with Crippen LogP contribution in [-0.2, 0) is 9.53 Å². The third kappa shape index (κ3) is 5.79. The minimum Gasteiger partial charge on any atom is -0.463 e. The summed E-state index contributed by atoms with van der Waals surface area (Å²) < 4.78 is 7.20. The number of thiazole rings is 1. The van der Waals surface area contributed by atoms with Crippen LogP contribution in [0.1, 0.15) is 42.1 Å². The molecule has 0 N–H and O–H groups in total. The summed E-state index contributed by atoms with van der Waals surface area (Å²) in [5.74, 6) is -0.522. The number of benzene rings is 3. The molecule has 0 aliphatic carbocycles. The van der Waals surface area contributed by atoms with Crippen molar-refractivity contribution in [1.82, 2.24) is 4.57 Å². The number of fused-ring (bicyclic) bond motifs is 1. The molecule has 0 amide bonds. The zero-order valence-corrected chi connectivity index (χ0v) is 24.5. The van der Waals surface area contributed by atoms with Crippen LogP contribution in [0.5, 0.6) is 0 Å². The molecule has 1 aromatic heterocycles. The van der Waals surface area contributed by atoms with Crippen LogP contribution in [0, 0.1) is 24.0 Å². The summed E-state index contributed by atoms with van der Waals surface area (Å²) in [6.07, 6.45) is 1.63. The third-order valence-electron chi connectivity index (χ3n) is 6.64. The molecular weight excluding hydrogens is 558 g/mol. The topological polar surface area (TPSA) is 104 Å². The van der Waals surface area contributed by atoms with Gasteiger partial charge in [-0.25, -0.2) is 9.79 Å². The van der Waals surface area contributed by atoms with Crippen molar-refractivity contribution < 1.29 is 14.5 Å². The first kappa shape index (κ1) is 28.3. The lowest BCUT2D eigenvalue weighted by Crippen LogP contribution is -2.39. The van der Waals surface area contributed by atoms with E-state index in [0.717, 1.165) is 21.6 Å². The molecule has 3 aromatic carbocycles. The number of rotatable bonds is 7. The monoisotopic (exact) mass is 585 g/mol. The number of nitrogens with zero attached hydrogens (tertiary/aromatic N) is 3. The van der Waals surface area contributed by atoms with Crippen molar-refractivity contribution in [2.24, 2.45) is 4.99 Å². The van der Waals surface area contributed by atoms with Crippen LogP contribution in [0.3, 0.4) is 0 Å². The maximum atomic E-state index is 13.8. The maximum absolute atomic E-state index is 13.8. The molecule has 208 valence electrons. The number of aromatic nitrogens is 1. The van der Waals surface area contributed by atoms with Crippen LogP contribution < -0.4 is 14.9 Å². The number of nitro groups is 1. The van der Waals surface area contributed by atoms with Crippen molar-refractivity contribution in [2.75, 3.05) is 6.61 Å². The average Bonchev–Trinajstić information content (AvgIpc) is 3.24. The first-order valence-corrected chi connectivity index (χ1v) is 14.6. The molecule has 0 spiro atoms. The Hall–Kier alpha value is -4.28. The Labute approximate surface area is 244 Å². The van der Waals surface area contributed by atoms with Crippen LogP contribution in [0.25, 0.3) is 6.08 Å². The van der Waals surface area contributed by atoms with Gasteiger partial charge in [0.2, 0.25) is 0 Å². The highest BCUT2D eigenvalue weighted by atomic mass is 32.2. The van der Waals surface area contributed by atoms with Gasteiger partial charge in [0.1, 0.15) is 0 Å². The summed E-state index contributed by atoms with van der Waals surface area (Å²) in [6.45, 7) is 7.60. The molecule has 1 aliphatic heterocycles. The van der Waals surface area contributed by atoms with Crippen molar-refractivity contribution >= 4 is 40.8 Å². The van der Waals surface area contributed by atoms with Gasteiger partial charge in [0.05, 0.1) is 38.3 Å². The largest absolute Gasteiger partial charge is 0.463 e. The fourth-order valence-electron chi connectivity index (χ4n) is 4.59. The second-order valence-electron chi connectivity index (χ2n) is 9.61.